The van der Waals surface area contributed by atoms with Gasteiger partial charge in [-0.25, -0.2) is 0 Å². The molecule has 17 heavy (non-hydrogen) atoms. The molecule has 0 amide bonds. The summed E-state index contributed by atoms with van der Waals surface area (Å²) in [5.41, 5.74) is 0. The van der Waals surface area contributed by atoms with Crippen LogP contribution >= 0.6 is 0 Å². The number of rotatable bonds is 9. The van der Waals surface area contributed by atoms with Gasteiger partial charge in [-0.1, -0.05) is 26.2 Å². The van der Waals surface area contributed by atoms with Crippen LogP contribution in [0.2, 0.25) is 0 Å². The van der Waals surface area contributed by atoms with Crippen LogP contribution in [0.3, 0.4) is 0 Å². The largest absolute Gasteiger partial charge is 0.377 e. The van der Waals surface area contributed by atoms with Gasteiger partial charge < -0.3 is 14.8 Å². The van der Waals surface area contributed by atoms with E-state index in [1.165, 1.54) is 25.7 Å². The Balaban J connectivity index is 2.19. The predicted octanol–water partition coefficient (Wildman–Crippen LogP) is 2.74. The van der Waals surface area contributed by atoms with E-state index >= 15 is 0 Å². The molecule has 4 atom stereocenters. The highest BCUT2D eigenvalue weighted by molar-refractivity contribution is 4.97. The zero-order valence-corrected chi connectivity index (χ0v) is 11.9. The molecule has 0 aromatic heterocycles. The van der Waals surface area contributed by atoms with Crippen molar-refractivity contribution in [1.29, 1.82) is 0 Å². The van der Waals surface area contributed by atoms with Crippen molar-refractivity contribution >= 4 is 0 Å². The van der Waals surface area contributed by atoms with Crippen molar-refractivity contribution in [3.05, 3.63) is 0 Å². The fraction of sp³-hybridized carbons (Fsp3) is 1.00. The molecule has 0 saturated heterocycles. The second kappa shape index (κ2) is 8.06. The van der Waals surface area contributed by atoms with Crippen LogP contribution in [-0.2, 0) is 9.47 Å². The lowest BCUT2D eigenvalue weighted by Crippen LogP contribution is -2.61. The number of ether oxygens (including phenoxy) is 2. The standard InChI is InChI=1S/C14H29NO2/c1-5-7-8-9-11(3)15-12-10-13(17-6-2)14(12)16-4/h11-15H,5-10H2,1-4H3. The number of hydrogen-bond donors (Lipinski definition) is 1. The van der Waals surface area contributed by atoms with Crippen LogP contribution in [0.15, 0.2) is 0 Å². The van der Waals surface area contributed by atoms with E-state index in [0.29, 0.717) is 18.2 Å². The summed E-state index contributed by atoms with van der Waals surface area (Å²) in [4.78, 5) is 0. The molecule has 0 spiro atoms. The predicted molar refractivity (Wildman–Crippen MR) is 71.4 cm³/mol. The third-order valence-corrected chi connectivity index (χ3v) is 3.64. The average molecular weight is 243 g/mol. The lowest BCUT2D eigenvalue weighted by atomic mass is 9.84. The molecule has 0 bridgehead atoms. The highest BCUT2D eigenvalue weighted by Crippen LogP contribution is 2.27. The van der Waals surface area contributed by atoms with Crippen molar-refractivity contribution in [2.24, 2.45) is 0 Å². The molecule has 3 heteroatoms. The first-order valence-electron chi connectivity index (χ1n) is 7.13. The maximum Gasteiger partial charge on any atom is 0.0986 e. The van der Waals surface area contributed by atoms with E-state index in [-0.39, 0.29) is 6.10 Å². The fourth-order valence-electron chi connectivity index (χ4n) is 2.59. The van der Waals surface area contributed by atoms with Gasteiger partial charge in [0.1, 0.15) is 0 Å². The van der Waals surface area contributed by atoms with Crippen LogP contribution in [0.25, 0.3) is 0 Å². The summed E-state index contributed by atoms with van der Waals surface area (Å²) in [6, 6.07) is 1.07. The summed E-state index contributed by atoms with van der Waals surface area (Å²) in [6.45, 7) is 7.35. The van der Waals surface area contributed by atoms with Crippen LogP contribution < -0.4 is 5.32 Å². The maximum atomic E-state index is 5.63. The van der Waals surface area contributed by atoms with Crippen LogP contribution in [0, 0.1) is 0 Å². The van der Waals surface area contributed by atoms with E-state index < -0.39 is 0 Å². The van der Waals surface area contributed by atoms with E-state index in [4.69, 9.17) is 9.47 Å². The molecule has 1 rings (SSSR count). The van der Waals surface area contributed by atoms with Crippen LogP contribution in [0.4, 0.5) is 0 Å². The zero-order chi connectivity index (χ0) is 12.7. The quantitative estimate of drug-likeness (QED) is 0.632. The van der Waals surface area contributed by atoms with E-state index in [0.717, 1.165) is 13.0 Å². The highest BCUT2D eigenvalue weighted by Gasteiger charge is 2.42. The monoisotopic (exact) mass is 243 g/mol. The van der Waals surface area contributed by atoms with Crippen molar-refractivity contribution in [3.8, 4) is 0 Å². The Labute approximate surface area is 106 Å². The van der Waals surface area contributed by atoms with Crippen LogP contribution in [0.5, 0.6) is 0 Å². The van der Waals surface area contributed by atoms with Crippen molar-refractivity contribution < 1.29 is 9.47 Å². The summed E-state index contributed by atoms with van der Waals surface area (Å²) >= 11 is 0. The smallest absolute Gasteiger partial charge is 0.0986 e. The molecule has 1 N–H and O–H groups in total. The van der Waals surface area contributed by atoms with Gasteiger partial charge >= 0.3 is 0 Å². The van der Waals surface area contributed by atoms with Gasteiger partial charge in [-0.05, 0) is 26.7 Å². The Morgan fingerprint density at radius 1 is 1.29 bits per heavy atom. The van der Waals surface area contributed by atoms with Gasteiger partial charge in [0, 0.05) is 25.8 Å². The lowest BCUT2D eigenvalue weighted by Gasteiger charge is -2.44. The molecule has 0 aliphatic heterocycles. The third-order valence-electron chi connectivity index (χ3n) is 3.64. The minimum atomic E-state index is 0.239. The molecular formula is C14H29NO2. The Bertz CT molecular complexity index is 199. The molecule has 1 saturated carbocycles. The molecule has 1 fully saturated rings. The van der Waals surface area contributed by atoms with Crippen molar-refractivity contribution in [1.82, 2.24) is 5.32 Å². The van der Waals surface area contributed by atoms with Crippen LogP contribution in [0.1, 0.15) is 52.9 Å². The number of nitrogens with one attached hydrogen (secondary N) is 1. The van der Waals surface area contributed by atoms with Gasteiger partial charge in [-0.15, -0.1) is 0 Å². The average Bonchev–Trinajstić information content (AvgIpc) is 2.28. The Morgan fingerprint density at radius 3 is 2.65 bits per heavy atom. The molecule has 0 radical (unpaired) electrons. The molecular weight excluding hydrogens is 214 g/mol. The third kappa shape index (κ3) is 4.57. The van der Waals surface area contributed by atoms with Gasteiger partial charge in [-0.2, -0.15) is 0 Å². The van der Waals surface area contributed by atoms with E-state index in [1.807, 2.05) is 6.92 Å². The molecule has 4 unspecified atom stereocenters. The van der Waals surface area contributed by atoms with Gasteiger partial charge in [0.05, 0.1) is 12.2 Å². The molecule has 102 valence electrons. The number of unbranched alkanes of at least 4 members (excludes halogenated alkanes) is 2. The summed E-state index contributed by atoms with van der Waals surface area (Å²) in [5, 5.41) is 3.66. The Morgan fingerprint density at radius 2 is 2.06 bits per heavy atom. The van der Waals surface area contributed by atoms with Crippen molar-refractivity contribution in [3.63, 3.8) is 0 Å². The van der Waals surface area contributed by atoms with E-state index in [9.17, 15) is 0 Å². The number of methoxy groups -OCH3 is 1. The van der Waals surface area contributed by atoms with Gasteiger partial charge in [0.25, 0.3) is 0 Å². The minimum absolute atomic E-state index is 0.239. The second-order valence-electron chi connectivity index (χ2n) is 5.10. The molecule has 0 aromatic rings. The lowest BCUT2D eigenvalue weighted by molar-refractivity contribution is -0.133. The highest BCUT2D eigenvalue weighted by atomic mass is 16.5. The molecule has 1 aliphatic carbocycles. The molecule has 0 aromatic carbocycles. The summed E-state index contributed by atoms with van der Waals surface area (Å²) < 4.78 is 11.1. The first-order valence-corrected chi connectivity index (χ1v) is 7.13. The first kappa shape index (κ1) is 14.9. The van der Waals surface area contributed by atoms with Crippen molar-refractivity contribution in [2.45, 2.75) is 77.2 Å². The molecule has 1 aliphatic rings. The van der Waals surface area contributed by atoms with Crippen molar-refractivity contribution in [2.75, 3.05) is 13.7 Å². The number of hydrogen-bond acceptors (Lipinski definition) is 3. The molecule has 0 heterocycles. The van der Waals surface area contributed by atoms with Gasteiger partial charge in [0.2, 0.25) is 0 Å². The summed E-state index contributed by atoms with van der Waals surface area (Å²) in [6.07, 6.45) is 6.85. The van der Waals surface area contributed by atoms with E-state index in [2.05, 4.69) is 19.2 Å². The minimum Gasteiger partial charge on any atom is -0.377 e. The first-order chi connectivity index (χ1) is 8.22. The fourth-order valence-corrected chi connectivity index (χ4v) is 2.59. The SMILES string of the molecule is CCCCCC(C)NC1CC(OCC)C1OC. The van der Waals surface area contributed by atoms with E-state index in [1.54, 1.807) is 7.11 Å². The van der Waals surface area contributed by atoms with Gasteiger partial charge in [0.15, 0.2) is 0 Å². The Kier molecular flexibility index (Phi) is 7.09. The topological polar surface area (TPSA) is 30.5 Å². The van der Waals surface area contributed by atoms with Gasteiger partial charge in [-0.3, -0.25) is 0 Å². The zero-order valence-electron chi connectivity index (χ0n) is 11.9. The second-order valence-corrected chi connectivity index (χ2v) is 5.10. The Hall–Kier alpha value is -0.120. The molecule has 3 nitrogen and oxygen atoms in total. The summed E-state index contributed by atoms with van der Waals surface area (Å²) in [7, 11) is 1.78. The normalized spacial score (nSPS) is 30.0. The van der Waals surface area contributed by atoms with Crippen LogP contribution in [-0.4, -0.2) is 38.0 Å². The maximum absolute atomic E-state index is 5.63. The summed E-state index contributed by atoms with van der Waals surface area (Å²) in [5.74, 6) is 0.